The summed E-state index contributed by atoms with van der Waals surface area (Å²) in [4.78, 5) is 19.9. The van der Waals surface area contributed by atoms with Crippen LogP contribution < -0.4 is 5.73 Å². The molecule has 1 aromatic carbocycles. The molecular weight excluding hydrogens is 512 g/mol. The minimum Gasteiger partial charge on any atom is -0.475 e. The third-order valence-electron chi connectivity index (χ3n) is 6.02. The number of aliphatic hydroxyl groups is 1. The zero-order valence-electron chi connectivity index (χ0n) is 19.9. The smallest absolute Gasteiger partial charge is 0.475 e. The van der Waals surface area contributed by atoms with E-state index in [-0.39, 0.29) is 12.4 Å². The van der Waals surface area contributed by atoms with Crippen LogP contribution in [0.4, 0.5) is 23.4 Å². The van der Waals surface area contributed by atoms with Crippen molar-refractivity contribution in [3.63, 3.8) is 0 Å². The number of halogens is 4. The van der Waals surface area contributed by atoms with Gasteiger partial charge in [-0.2, -0.15) is 18.3 Å². The summed E-state index contributed by atoms with van der Waals surface area (Å²) in [6.07, 6.45) is 2.44. The summed E-state index contributed by atoms with van der Waals surface area (Å²) in [7, 11) is 0. The summed E-state index contributed by atoms with van der Waals surface area (Å²) in [5, 5.41) is 20.8. The van der Waals surface area contributed by atoms with Crippen molar-refractivity contribution < 1.29 is 37.0 Å². The third kappa shape index (κ3) is 6.26. The quantitative estimate of drug-likeness (QED) is 0.325. The van der Waals surface area contributed by atoms with Crippen LogP contribution in [0.15, 0.2) is 47.3 Å². The van der Waals surface area contributed by atoms with Gasteiger partial charge in [0.05, 0.1) is 24.4 Å². The second-order valence-corrected chi connectivity index (χ2v) is 8.60. The summed E-state index contributed by atoms with van der Waals surface area (Å²) in [6.45, 7) is 2.82. The Morgan fingerprint density at radius 2 is 1.87 bits per heavy atom. The van der Waals surface area contributed by atoms with Gasteiger partial charge in [-0.1, -0.05) is 0 Å². The third-order valence-corrected chi connectivity index (χ3v) is 6.02. The lowest BCUT2D eigenvalue weighted by atomic mass is 10.1. The number of hydrogen-bond acceptors (Lipinski definition) is 8. The van der Waals surface area contributed by atoms with E-state index in [1.165, 1.54) is 12.1 Å². The van der Waals surface area contributed by atoms with Crippen LogP contribution in [0.1, 0.15) is 18.9 Å². The second-order valence-electron chi connectivity index (χ2n) is 8.60. The van der Waals surface area contributed by atoms with Crippen molar-refractivity contribution in [3.05, 3.63) is 48.7 Å². The number of piperidine rings is 1. The van der Waals surface area contributed by atoms with Gasteiger partial charge in [-0.05, 0) is 31.0 Å². The van der Waals surface area contributed by atoms with E-state index >= 15 is 0 Å². The van der Waals surface area contributed by atoms with E-state index in [1.54, 1.807) is 12.3 Å². The van der Waals surface area contributed by atoms with Crippen molar-refractivity contribution in [2.75, 3.05) is 32.0 Å². The van der Waals surface area contributed by atoms with Crippen LogP contribution in [0.5, 0.6) is 0 Å². The highest BCUT2D eigenvalue weighted by Gasteiger charge is 2.38. The van der Waals surface area contributed by atoms with Gasteiger partial charge < -0.3 is 25.3 Å². The molecule has 202 valence electrons. The van der Waals surface area contributed by atoms with Crippen LogP contribution in [-0.2, 0) is 4.79 Å². The average molecular weight is 536 g/mol. The fraction of sp³-hybridized carbons (Fsp3) is 0.333. The number of oxazole rings is 1. The van der Waals surface area contributed by atoms with Crippen LogP contribution in [0.2, 0.25) is 0 Å². The fourth-order valence-corrected chi connectivity index (χ4v) is 4.05. The number of carbonyl (C=O) groups is 1. The first-order valence-corrected chi connectivity index (χ1v) is 11.5. The maximum atomic E-state index is 13.5. The van der Waals surface area contributed by atoms with Gasteiger partial charge in [0.1, 0.15) is 17.2 Å². The topological polar surface area (TPSA) is 144 Å². The number of anilines is 1. The van der Waals surface area contributed by atoms with E-state index in [4.69, 9.17) is 25.2 Å². The molecule has 4 aromatic rings. The molecule has 38 heavy (non-hydrogen) atoms. The summed E-state index contributed by atoms with van der Waals surface area (Å²) in [5.41, 5.74) is 9.33. The number of carboxylic acids is 1. The number of nitrogens with zero attached hydrogens (tertiary/aromatic N) is 5. The van der Waals surface area contributed by atoms with E-state index in [0.29, 0.717) is 34.4 Å². The number of likely N-dealkylation sites (tertiary alicyclic amines) is 1. The van der Waals surface area contributed by atoms with Crippen molar-refractivity contribution >= 4 is 22.9 Å². The predicted octanol–water partition coefficient (Wildman–Crippen LogP) is 3.74. The first-order valence-electron chi connectivity index (χ1n) is 11.5. The lowest BCUT2D eigenvalue weighted by Crippen LogP contribution is -2.36. The van der Waals surface area contributed by atoms with E-state index in [1.807, 2.05) is 23.1 Å². The largest absolute Gasteiger partial charge is 0.490 e. The van der Waals surface area contributed by atoms with Gasteiger partial charge in [-0.3, -0.25) is 4.68 Å². The number of nitrogen functional groups attached to an aromatic ring is 1. The summed E-state index contributed by atoms with van der Waals surface area (Å²) < 4.78 is 52.9. The van der Waals surface area contributed by atoms with E-state index in [9.17, 15) is 17.6 Å². The van der Waals surface area contributed by atoms with Gasteiger partial charge in [-0.15, -0.1) is 0 Å². The Hall–Kier alpha value is -4.04. The van der Waals surface area contributed by atoms with Gasteiger partial charge in [0.15, 0.2) is 5.58 Å². The van der Waals surface area contributed by atoms with Crippen molar-refractivity contribution in [1.29, 1.82) is 0 Å². The molecule has 14 heteroatoms. The van der Waals surface area contributed by atoms with E-state index in [0.717, 1.165) is 43.6 Å². The zero-order chi connectivity index (χ0) is 27.4. The Morgan fingerprint density at radius 3 is 2.53 bits per heavy atom. The molecule has 0 bridgehead atoms. The molecule has 0 aliphatic carbocycles. The monoisotopic (exact) mass is 536 g/mol. The molecule has 0 amide bonds. The van der Waals surface area contributed by atoms with E-state index in [2.05, 4.69) is 20.0 Å². The van der Waals surface area contributed by atoms with Crippen LogP contribution in [0.3, 0.4) is 0 Å². The molecular formula is C24H24F4N6O4. The Labute approximate surface area is 213 Å². The molecule has 1 aliphatic heterocycles. The number of rotatable bonds is 5. The number of aliphatic carboxylic acids is 1. The molecule has 4 N–H and O–H groups in total. The second kappa shape index (κ2) is 11.1. The average Bonchev–Trinajstić information content (AvgIpc) is 3.52. The predicted molar refractivity (Wildman–Crippen MR) is 128 cm³/mol. The lowest BCUT2D eigenvalue weighted by molar-refractivity contribution is -0.192. The maximum absolute atomic E-state index is 13.5. The van der Waals surface area contributed by atoms with Gasteiger partial charge in [0.2, 0.25) is 5.89 Å². The number of pyridine rings is 1. The molecule has 5 rings (SSSR count). The van der Waals surface area contributed by atoms with Crippen molar-refractivity contribution in [2.45, 2.75) is 25.1 Å². The minimum absolute atomic E-state index is 0.193. The summed E-state index contributed by atoms with van der Waals surface area (Å²) >= 11 is 0. The molecule has 0 saturated carbocycles. The first-order chi connectivity index (χ1) is 18.0. The molecule has 0 unspecified atom stereocenters. The van der Waals surface area contributed by atoms with Crippen LogP contribution in [0, 0.1) is 5.82 Å². The Kier molecular flexibility index (Phi) is 7.92. The van der Waals surface area contributed by atoms with E-state index < -0.39 is 12.1 Å². The number of nitrogens with two attached hydrogens (primary N) is 1. The summed E-state index contributed by atoms with van der Waals surface area (Å²) in [5.74, 6) is -2.55. The van der Waals surface area contributed by atoms with Crippen LogP contribution >= 0.6 is 0 Å². The molecule has 10 nitrogen and oxygen atoms in total. The number of alkyl halides is 3. The number of fused-ring (bicyclic) bond motifs is 1. The molecule has 4 heterocycles. The molecule has 0 atom stereocenters. The fourth-order valence-electron chi connectivity index (χ4n) is 4.05. The Morgan fingerprint density at radius 1 is 1.16 bits per heavy atom. The van der Waals surface area contributed by atoms with Gasteiger partial charge in [-0.25, -0.2) is 19.2 Å². The molecule has 1 aliphatic rings. The SMILES string of the molecule is Nc1ncc(-c2cnn(C3CCN(CCO)CC3)c2)cc1-c1nc2ccc(F)cc2o1.O=C(O)C(F)(F)F. The highest BCUT2D eigenvalue weighted by molar-refractivity contribution is 5.80. The number of benzene rings is 1. The van der Waals surface area contributed by atoms with Crippen molar-refractivity contribution in [1.82, 2.24) is 24.6 Å². The normalized spacial score (nSPS) is 14.9. The Balaban J connectivity index is 0.000000426. The number of hydrogen-bond donors (Lipinski definition) is 3. The summed E-state index contributed by atoms with van der Waals surface area (Å²) in [6, 6.07) is 6.41. The van der Waals surface area contributed by atoms with Crippen molar-refractivity contribution in [3.8, 4) is 22.6 Å². The van der Waals surface area contributed by atoms with Gasteiger partial charge >= 0.3 is 12.1 Å². The van der Waals surface area contributed by atoms with Gasteiger partial charge in [0.25, 0.3) is 0 Å². The molecule has 1 fully saturated rings. The zero-order valence-corrected chi connectivity index (χ0v) is 19.9. The van der Waals surface area contributed by atoms with Gasteiger partial charge in [0, 0.05) is 49.2 Å². The number of β-amino-alcohol motifs (C(OH)–C–C–N with tert-alkyl or cyclic N) is 1. The number of aromatic nitrogens is 4. The number of aliphatic hydroxyl groups excluding tert-OH is 1. The first kappa shape index (κ1) is 27.0. The molecule has 3 aromatic heterocycles. The maximum Gasteiger partial charge on any atom is 0.490 e. The highest BCUT2D eigenvalue weighted by atomic mass is 19.4. The molecule has 0 spiro atoms. The van der Waals surface area contributed by atoms with Crippen LogP contribution in [-0.4, -0.2) is 73.2 Å². The minimum atomic E-state index is -5.08. The highest BCUT2D eigenvalue weighted by Crippen LogP contribution is 2.32. The van der Waals surface area contributed by atoms with Crippen molar-refractivity contribution in [2.24, 2.45) is 0 Å². The Bertz CT molecular complexity index is 1410. The number of carboxylic acid groups (broad SMARTS) is 1. The standard InChI is InChI=1S/C22H23FN6O2.C2HF3O2/c23-16-1-2-19-20(10-16)31-22(27-19)18-9-14(11-25-21(18)24)15-12-26-29(13-15)17-3-5-28(6-4-17)7-8-30;3-2(4,5)1(6)7/h1-2,9-13,17,30H,3-8H2,(H2,24,25);(H,6,7). The molecule has 1 saturated heterocycles. The molecule has 0 radical (unpaired) electrons. The van der Waals surface area contributed by atoms with Crippen LogP contribution in [0.25, 0.3) is 33.7 Å². The lowest BCUT2D eigenvalue weighted by Gasteiger charge is -2.31.